The lowest BCUT2D eigenvalue weighted by atomic mass is 10.1. The molecule has 0 bridgehead atoms. The molecule has 0 saturated heterocycles. The molecule has 1 N–H and O–H groups in total. The second-order valence-electron chi connectivity index (χ2n) is 4.29. The maximum atomic E-state index is 13.3. The summed E-state index contributed by atoms with van der Waals surface area (Å²) in [6, 6.07) is 6.65. The average Bonchev–Trinajstić information content (AvgIpc) is 2.81. The van der Waals surface area contributed by atoms with E-state index in [-0.39, 0.29) is 5.02 Å². The first kappa shape index (κ1) is 13.1. The summed E-state index contributed by atoms with van der Waals surface area (Å²) in [5.41, 5.74) is 1.72. The third-order valence-corrected chi connectivity index (χ3v) is 3.20. The number of hydrogen-bond donors (Lipinski definition) is 1. The van der Waals surface area contributed by atoms with Gasteiger partial charge in [0.05, 0.1) is 11.1 Å². The molecule has 1 aromatic heterocycles. The number of aliphatic hydroxyl groups excluding tert-OH is 1. The van der Waals surface area contributed by atoms with E-state index in [1.807, 2.05) is 30.0 Å². The number of nitrogens with zero attached hydrogens (tertiary/aromatic N) is 1. The molecular formula is C14H15ClFNO. The number of benzene rings is 1. The van der Waals surface area contributed by atoms with Crippen molar-refractivity contribution < 1.29 is 9.50 Å². The molecule has 1 aromatic carbocycles. The normalized spacial score (nSPS) is 12.7. The topological polar surface area (TPSA) is 25.2 Å². The summed E-state index contributed by atoms with van der Waals surface area (Å²) in [6.45, 7) is 2.49. The van der Waals surface area contributed by atoms with Crippen LogP contribution in [0.15, 0.2) is 36.7 Å². The summed E-state index contributed by atoms with van der Waals surface area (Å²) in [4.78, 5) is 0. The monoisotopic (exact) mass is 267 g/mol. The van der Waals surface area contributed by atoms with Gasteiger partial charge in [0.2, 0.25) is 0 Å². The van der Waals surface area contributed by atoms with E-state index in [1.54, 1.807) is 12.1 Å². The van der Waals surface area contributed by atoms with Gasteiger partial charge in [-0.25, -0.2) is 4.39 Å². The molecule has 2 nitrogen and oxygen atoms in total. The summed E-state index contributed by atoms with van der Waals surface area (Å²) in [5, 5.41) is 9.83. The molecule has 0 aliphatic heterocycles. The lowest BCUT2D eigenvalue weighted by Crippen LogP contribution is -1.98. The van der Waals surface area contributed by atoms with Crippen molar-refractivity contribution in [3.05, 3.63) is 58.6 Å². The third-order valence-electron chi connectivity index (χ3n) is 2.89. The fourth-order valence-corrected chi connectivity index (χ4v) is 1.96. The van der Waals surface area contributed by atoms with E-state index >= 15 is 0 Å². The molecule has 1 heterocycles. The Bertz CT molecular complexity index is 538. The fraction of sp³-hybridized carbons (Fsp3) is 0.286. The fourth-order valence-electron chi connectivity index (χ4n) is 1.84. The predicted molar refractivity (Wildman–Crippen MR) is 70.2 cm³/mol. The Morgan fingerprint density at radius 3 is 2.83 bits per heavy atom. The number of hydrogen-bond acceptors (Lipinski definition) is 1. The Labute approximate surface area is 111 Å². The van der Waals surface area contributed by atoms with Crippen LogP contribution in [0.5, 0.6) is 0 Å². The zero-order chi connectivity index (χ0) is 13.1. The molecule has 0 aliphatic rings. The summed E-state index contributed by atoms with van der Waals surface area (Å²) in [5.74, 6) is -0.407. The number of halogens is 2. The van der Waals surface area contributed by atoms with Gasteiger partial charge < -0.3 is 9.67 Å². The van der Waals surface area contributed by atoms with Gasteiger partial charge in [-0.3, -0.25) is 0 Å². The molecule has 0 spiro atoms. The van der Waals surface area contributed by atoms with Crippen molar-refractivity contribution in [1.29, 1.82) is 0 Å². The Balaban J connectivity index is 2.13. The van der Waals surface area contributed by atoms with Crippen LogP contribution >= 0.6 is 11.6 Å². The number of rotatable bonds is 4. The second kappa shape index (κ2) is 5.55. The van der Waals surface area contributed by atoms with E-state index in [4.69, 9.17) is 11.6 Å². The maximum Gasteiger partial charge on any atom is 0.142 e. The molecule has 0 aliphatic carbocycles. The maximum absolute atomic E-state index is 13.3. The van der Waals surface area contributed by atoms with Gasteiger partial charge in [-0.05, 0) is 35.7 Å². The van der Waals surface area contributed by atoms with Gasteiger partial charge in [0.15, 0.2) is 0 Å². The quantitative estimate of drug-likeness (QED) is 0.896. The summed E-state index contributed by atoms with van der Waals surface area (Å²) >= 11 is 5.63. The second-order valence-corrected chi connectivity index (χ2v) is 4.70. The van der Waals surface area contributed by atoms with Gasteiger partial charge in [-0.2, -0.15) is 0 Å². The largest absolute Gasteiger partial charge is 0.388 e. The first-order valence-electron chi connectivity index (χ1n) is 5.88. The van der Waals surface area contributed by atoms with E-state index in [9.17, 15) is 9.50 Å². The Morgan fingerprint density at radius 1 is 1.39 bits per heavy atom. The van der Waals surface area contributed by atoms with Crippen molar-refractivity contribution in [2.45, 2.75) is 26.0 Å². The highest BCUT2D eigenvalue weighted by Gasteiger charge is 2.07. The average molecular weight is 268 g/mol. The minimum Gasteiger partial charge on any atom is -0.388 e. The number of aromatic nitrogens is 1. The molecule has 1 atom stereocenters. The molecule has 96 valence electrons. The molecule has 0 fully saturated rings. The minimum absolute atomic E-state index is 0.133. The van der Waals surface area contributed by atoms with Gasteiger partial charge in [-0.15, -0.1) is 0 Å². The van der Waals surface area contributed by atoms with Crippen LogP contribution in [0.25, 0.3) is 0 Å². The Hall–Kier alpha value is -1.32. The molecular weight excluding hydrogens is 253 g/mol. The Morgan fingerprint density at radius 2 is 2.17 bits per heavy atom. The molecule has 1 unspecified atom stereocenters. The van der Waals surface area contributed by atoms with E-state index in [1.165, 1.54) is 6.07 Å². The lowest BCUT2D eigenvalue weighted by Gasteiger charge is -2.06. The minimum atomic E-state index is -0.437. The van der Waals surface area contributed by atoms with E-state index in [2.05, 4.69) is 0 Å². The van der Waals surface area contributed by atoms with Crippen molar-refractivity contribution in [2.24, 2.45) is 0 Å². The van der Waals surface area contributed by atoms with Crippen molar-refractivity contribution in [3.63, 3.8) is 0 Å². The van der Waals surface area contributed by atoms with Gasteiger partial charge >= 0.3 is 0 Å². The highest BCUT2D eigenvalue weighted by atomic mass is 35.5. The molecule has 18 heavy (non-hydrogen) atoms. The van der Waals surface area contributed by atoms with Crippen LogP contribution in [0.3, 0.4) is 0 Å². The van der Waals surface area contributed by atoms with E-state index in [0.29, 0.717) is 13.0 Å². The summed E-state index contributed by atoms with van der Waals surface area (Å²) < 4.78 is 15.2. The van der Waals surface area contributed by atoms with Crippen molar-refractivity contribution in [2.75, 3.05) is 0 Å². The summed E-state index contributed by atoms with van der Waals surface area (Å²) in [6.07, 6.45) is 3.99. The zero-order valence-corrected chi connectivity index (χ0v) is 10.9. The molecule has 4 heteroatoms. The van der Waals surface area contributed by atoms with Crippen molar-refractivity contribution in [3.8, 4) is 0 Å². The van der Waals surface area contributed by atoms with Crippen molar-refractivity contribution >= 4 is 11.6 Å². The predicted octanol–water partition coefficient (Wildman–Crippen LogP) is 3.77. The van der Waals surface area contributed by atoms with Gasteiger partial charge in [0.25, 0.3) is 0 Å². The smallest absolute Gasteiger partial charge is 0.142 e. The van der Waals surface area contributed by atoms with Crippen LogP contribution in [0.1, 0.15) is 30.6 Å². The molecule has 0 amide bonds. The Kier molecular flexibility index (Phi) is 4.04. The molecule has 2 aromatic rings. The standard InChI is InChI=1S/C14H15ClFNO/c1-2-14(18)11-5-6-17(9-11)8-10-3-4-12(15)13(16)7-10/h3-7,9,14,18H,2,8H2,1H3. The molecule has 2 rings (SSSR count). The van der Waals surface area contributed by atoms with Crippen LogP contribution in [0.4, 0.5) is 4.39 Å². The summed E-state index contributed by atoms with van der Waals surface area (Å²) in [7, 11) is 0. The third kappa shape index (κ3) is 2.92. The van der Waals surface area contributed by atoms with Gasteiger partial charge in [0.1, 0.15) is 5.82 Å². The van der Waals surface area contributed by atoms with Crippen LogP contribution in [0, 0.1) is 5.82 Å². The molecule has 0 saturated carbocycles. The lowest BCUT2D eigenvalue weighted by molar-refractivity contribution is 0.173. The van der Waals surface area contributed by atoms with Crippen molar-refractivity contribution in [1.82, 2.24) is 4.57 Å². The zero-order valence-electron chi connectivity index (χ0n) is 10.1. The first-order valence-corrected chi connectivity index (χ1v) is 6.25. The van der Waals surface area contributed by atoms with E-state index in [0.717, 1.165) is 11.1 Å². The highest BCUT2D eigenvalue weighted by Crippen LogP contribution is 2.19. The van der Waals surface area contributed by atoms with E-state index < -0.39 is 11.9 Å². The van der Waals surface area contributed by atoms with Crippen LogP contribution in [-0.2, 0) is 6.54 Å². The SMILES string of the molecule is CCC(O)c1ccn(Cc2ccc(Cl)c(F)c2)c1. The van der Waals surface area contributed by atoms with Crippen LogP contribution in [-0.4, -0.2) is 9.67 Å². The van der Waals surface area contributed by atoms with Crippen LogP contribution in [0.2, 0.25) is 5.02 Å². The van der Waals surface area contributed by atoms with Gasteiger partial charge in [0, 0.05) is 18.9 Å². The van der Waals surface area contributed by atoms with Crippen LogP contribution < -0.4 is 0 Å². The molecule has 0 radical (unpaired) electrons. The first-order chi connectivity index (χ1) is 8.60. The highest BCUT2D eigenvalue weighted by molar-refractivity contribution is 6.30. The van der Waals surface area contributed by atoms with Gasteiger partial charge in [-0.1, -0.05) is 24.6 Å². The number of aliphatic hydroxyl groups is 1.